The highest BCUT2D eigenvalue weighted by Gasteiger charge is 2.14. The molecule has 0 saturated heterocycles. The van der Waals surface area contributed by atoms with Crippen LogP contribution in [-0.4, -0.2) is 43.0 Å². The molecule has 0 aromatic carbocycles. The zero-order valence-corrected chi connectivity index (χ0v) is 9.73. The zero-order valence-electron chi connectivity index (χ0n) is 9.73. The smallest absolute Gasteiger partial charge is 0.274 e. The molecular weight excluding hydrogens is 204 g/mol. The minimum atomic E-state index is -0.130. The molecule has 0 atom stereocenters. The van der Waals surface area contributed by atoms with E-state index in [9.17, 15) is 4.79 Å². The highest BCUT2D eigenvalue weighted by molar-refractivity contribution is 5.96. The second-order valence-corrected chi connectivity index (χ2v) is 3.63. The Kier molecular flexibility index (Phi) is 4.72. The molecule has 0 aliphatic rings. The predicted molar refractivity (Wildman–Crippen MR) is 64.2 cm³/mol. The van der Waals surface area contributed by atoms with Crippen molar-refractivity contribution in [3.05, 3.63) is 24.0 Å². The van der Waals surface area contributed by atoms with Crippen molar-refractivity contribution in [1.82, 2.24) is 15.2 Å². The average molecular weight is 222 g/mol. The molecule has 0 radical (unpaired) electrons. The summed E-state index contributed by atoms with van der Waals surface area (Å²) in [6.07, 6.45) is 2.48. The number of nitrogen functional groups attached to an aromatic ring is 1. The van der Waals surface area contributed by atoms with E-state index in [-0.39, 0.29) is 5.91 Å². The van der Waals surface area contributed by atoms with Crippen LogP contribution in [0.4, 0.5) is 5.69 Å². The summed E-state index contributed by atoms with van der Waals surface area (Å²) >= 11 is 0. The van der Waals surface area contributed by atoms with E-state index in [2.05, 4.69) is 10.3 Å². The molecule has 1 amide bonds. The van der Waals surface area contributed by atoms with Crippen LogP contribution in [0.1, 0.15) is 16.9 Å². The minimum absolute atomic E-state index is 0.130. The van der Waals surface area contributed by atoms with Crippen molar-refractivity contribution in [3.8, 4) is 0 Å². The van der Waals surface area contributed by atoms with Crippen LogP contribution >= 0.6 is 0 Å². The number of carbonyl (C=O) groups is 1. The first-order valence-electron chi connectivity index (χ1n) is 5.27. The van der Waals surface area contributed by atoms with E-state index >= 15 is 0 Å². The Labute approximate surface area is 95.7 Å². The third kappa shape index (κ3) is 3.20. The van der Waals surface area contributed by atoms with Gasteiger partial charge in [0.15, 0.2) is 5.69 Å². The number of carbonyl (C=O) groups excluding carboxylic acids is 1. The van der Waals surface area contributed by atoms with Crippen molar-refractivity contribution in [2.75, 3.05) is 32.9 Å². The first-order chi connectivity index (χ1) is 7.66. The van der Waals surface area contributed by atoms with E-state index < -0.39 is 0 Å². The predicted octanol–water partition coefficient (Wildman–Crippen LogP) is 0.345. The van der Waals surface area contributed by atoms with Crippen molar-refractivity contribution < 1.29 is 4.79 Å². The Morgan fingerprint density at radius 1 is 1.62 bits per heavy atom. The normalized spacial score (nSPS) is 10.1. The number of hydrogen-bond acceptors (Lipinski definition) is 4. The monoisotopic (exact) mass is 222 g/mol. The summed E-state index contributed by atoms with van der Waals surface area (Å²) in [5.74, 6) is -0.130. The molecule has 1 aromatic heterocycles. The lowest BCUT2D eigenvalue weighted by Gasteiger charge is -2.17. The van der Waals surface area contributed by atoms with Crippen molar-refractivity contribution in [2.45, 2.75) is 6.42 Å². The molecule has 0 aliphatic heterocycles. The fourth-order valence-electron chi connectivity index (χ4n) is 1.37. The summed E-state index contributed by atoms with van der Waals surface area (Å²) in [6, 6.07) is 3.40. The number of hydrogen-bond donors (Lipinski definition) is 2. The second kappa shape index (κ2) is 6.07. The SMILES string of the molecule is CNCCCN(C)C(=O)c1ncccc1N. The zero-order chi connectivity index (χ0) is 12.0. The highest BCUT2D eigenvalue weighted by Crippen LogP contribution is 2.09. The summed E-state index contributed by atoms with van der Waals surface area (Å²) in [5.41, 5.74) is 6.44. The van der Waals surface area contributed by atoms with Gasteiger partial charge in [-0.25, -0.2) is 4.98 Å². The molecule has 88 valence electrons. The largest absolute Gasteiger partial charge is 0.397 e. The van der Waals surface area contributed by atoms with Crippen molar-refractivity contribution in [1.29, 1.82) is 0 Å². The lowest BCUT2D eigenvalue weighted by molar-refractivity contribution is 0.0789. The standard InChI is InChI=1S/C11H18N4O/c1-13-6-4-8-15(2)11(16)10-9(12)5-3-7-14-10/h3,5,7,13H,4,6,8,12H2,1-2H3. The number of aromatic nitrogens is 1. The maximum Gasteiger partial charge on any atom is 0.274 e. The van der Waals surface area contributed by atoms with Crippen LogP contribution < -0.4 is 11.1 Å². The molecule has 0 saturated carbocycles. The van der Waals surface area contributed by atoms with Crippen LogP contribution in [-0.2, 0) is 0 Å². The van der Waals surface area contributed by atoms with Gasteiger partial charge in [-0.05, 0) is 32.1 Å². The maximum absolute atomic E-state index is 11.9. The number of rotatable bonds is 5. The number of nitrogens with one attached hydrogen (secondary N) is 1. The number of anilines is 1. The lowest BCUT2D eigenvalue weighted by atomic mass is 10.2. The van der Waals surface area contributed by atoms with Gasteiger partial charge in [0.1, 0.15) is 0 Å². The van der Waals surface area contributed by atoms with Crippen LogP contribution in [0.5, 0.6) is 0 Å². The van der Waals surface area contributed by atoms with E-state index in [1.54, 1.807) is 30.3 Å². The first kappa shape index (κ1) is 12.4. The van der Waals surface area contributed by atoms with Gasteiger partial charge in [-0.15, -0.1) is 0 Å². The van der Waals surface area contributed by atoms with Gasteiger partial charge < -0.3 is 16.0 Å². The Bertz CT molecular complexity index is 354. The summed E-state index contributed by atoms with van der Waals surface area (Å²) in [4.78, 5) is 17.6. The molecule has 16 heavy (non-hydrogen) atoms. The average Bonchev–Trinajstić information content (AvgIpc) is 2.29. The number of pyridine rings is 1. The summed E-state index contributed by atoms with van der Waals surface area (Å²) < 4.78 is 0. The minimum Gasteiger partial charge on any atom is -0.397 e. The van der Waals surface area contributed by atoms with Crippen molar-refractivity contribution in [2.24, 2.45) is 0 Å². The number of nitrogens with zero attached hydrogens (tertiary/aromatic N) is 2. The highest BCUT2D eigenvalue weighted by atomic mass is 16.2. The van der Waals surface area contributed by atoms with E-state index in [0.29, 0.717) is 17.9 Å². The summed E-state index contributed by atoms with van der Waals surface area (Å²) in [7, 11) is 3.64. The Hall–Kier alpha value is -1.62. The van der Waals surface area contributed by atoms with Crippen LogP contribution in [0, 0.1) is 0 Å². The number of nitrogens with two attached hydrogens (primary N) is 1. The molecule has 0 aliphatic carbocycles. The van der Waals surface area contributed by atoms with Crippen LogP contribution in [0.15, 0.2) is 18.3 Å². The molecule has 5 heteroatoms. The molecule has 0 spiro atoms. The molecule has 1 aromatic rings. The second-order valence-electron chi connectivity index (χ2n) is 3.63. The summed E-state index contributed by atoms with van der Waals surface area (Å²) in [6.45, 7) is 1.57. The Balaban J connectivity index is 2.60. The quantitative estimate of drug-likeness (QED) is 0.705. The third-order valence-electron chi connectivity index (χ3n) is 2.31. The fourth-order valence-corrected chi connectivity index (χ4v) is 1.37. The van der Waals surface area contributed by atoms with Gasteiger partial charge in [0.25, 0.3) is 5.91 Å². The van der Waals surface area contributed by atoms with Gasteiger partial charge in [0, 0.05) is 19.8 Å². The maximum atomic E-state index is 11.9. The molecule has 5 nitrogen and oxygen atoms in total. The van der Waals surface area contributed by atoms with Gasteiger partial charge >= 0.3 is 0 Å². The van der Waals surface area contributed by atoms with Gasteiger partial charge in [0.2, 0.25) is 0 Å². The van der Waals surface area contributed by atoms with E-state index in [1.165, 1.54) is 0 Å². The van der Waals surface area contributed by atoms with E-state index in [4.69, 9.17) is 5.73 Å². The molecule has 0 fully saturated rings. The van der Waals surface area contributed by atoms with Gasteiger partial charge in [-0.3, -0.25) is 4.79 Å². The van der Waals surface area contributed by atoms with Crippen LogP contribution in [0.25, 0.3) is 0 Å². The van der Waals surface area contributed by atoms with Crippen molar-refractivity contribution in [3.63, 3.8) is 0 Å². The van der Waals surface area contributed by atoms with Crippen LogP contribution in [0.2, 0.25) is 0 Å². The topological polar surface area (TPSA) is 71.2 Å². The first-order valence-corrected chi connectivity index (χ1v) is 5.27. The van der Waals surface area contributed by atoms with E-state index in [0.717, 1.165) is 13.0 Å². The Morgan fingerprint density at radius 2 is 2.38 bits per heavy atom. The van der Waals surface area contributed by atoms with Crippen molar-refractivity contribution >= 4 is 11.6 Å². The fraction of sp³-hybridized carbons (Fsp3) is 0.455. The molecule has 3 N–H and O–H groups in total. The molecule has 1 rings (SSSR count). The van der Waals surface area contributed by atoms with E-state index in [1.807, 2.05) is 7.05 Å². The summed E-state index contributed by atoms with van der Waals surface area (Å²) in [5, 5.41) is 3.03. The third-order valence-corrected chi connectivity index (χ3v) is 2.31. The molecule has 0 unspecified atom stereocenters. The van der Waals surface area contributed by atoms with Gasteiger partial charge in [-0.1, -0.05) is 0 Å². The van der Waals surface area contributed by atoms with Gasteiger partial charge in [0.05, 0.1) is 5.69 Å². The Morgan fingerprint density at radius 3 is 3.00 bits per heavy atom. The molecule has 1 heterocycles. The molecule has 0 bridgehead atoms. The van der Waals surface area contributed by atoms with Crippen LogP contribution in [0.3, 0.4) is 0 Å². The van der Waals surface area contributed by atoms with Gasteiger partial charge in [-0.2, -0.15) is 0 Å². The number of amides is 1. The molecular formula is C11H18N4O. The lowest BCUT2D eigenvalue weighted by Crippen LogP contribution is -2.30.